The van der Waals surface area contributed by atoms with Gasteiger partial charge in [0.2, 0.25) is 0 Å². The average Bonchev–Trinajstić information content (AvgIpc) is 2.73. The van der Waals surface area contributed by atoms with Crippen LogP contribution in [0.25, 0.3) is 11.0 Å². The monoisotopic (exact) mass is 233 g/mol. The lowest BCUT2D eigenvalue weighted by atomic mass is 10.1. The van der Waals surface area contributed by atoms with E-state index >= 15 is 0 Å². The third-order valence-corrected chi connectivity index (χ3v) is 3.15. The molecule has 1 unspecified atom stereocenters. The Labute approximate surface area is 99.0 Å². The Morgan fingerprint density at radius 3 is 3.18 bits per heavy atom. The van der Waals surface area contributed by atoms with Gasteiger partial charge in [-0.25, -0.2) is 4.68 Å². The van der Waals surface area contributed by atoms with Crippen molar-refractivity contribution in [3.05, 3.63) is 18.2 Å². The molecule has 0 spiro atoms. The number of benzene rings is 1. The van der Waals surface area contributed by atoms with Crippen LogP contribution in [0.1, 0.15) is 19.3 Å². The Bertz CT molecular complexity index is 517. The highest BCUT2D eigenvalue weighted by Crippen LogP contribution is 2.20. The summed E-state index contributed by atoms with van der Waals surface area (Å²) >= 11 is 0. The van der Waals surface area contributed by atoms with Crippen LogP contribution in [0.2, 0.25) is 0 Å². The van der Waals surface area contributed by atoms with Gasteiger partial charge in [0.15, 0.2) is 0 Å². The molecule has 2 heterocycles. The van der Waals surface area contributed by atoms with Crippen LogP contribution in [0.4, 0.5) is 0 Å². The number of phenolic OH excluding ortho intramolecular Hbond substituents is 1. The number of aromatic hydroxyl groups is 1. The van der Waals surface area contributed by atoms with E-state index in [1.54, 1.807) is 18.2 Å². The summed E-state index contributed by atoms with van der Waals surface area (Å²) in [7, 11) is 0. The van der Waals surface area contributed by atoms with Gasteiger partial charge in [0.05, 0.1) is 18.2 Å². The zero-order valence-corrected chi connectivity index (χ0v) is 9.54. The maximum Gasteiger partial charge on any atom is 0.117 e. The Hall–Kier alpha value is -1.62. The van der Waals surface area contributed by atoms with Crippen molar-refractivity contribution >= 4 is 11.0 Å². The topological polar surface area (TPSA) is 60.2 Å². The molecule has 0 aliphatic carbocycles. The Morgan fingerprint density at radius 2 is 2.35 bits per heavy atom. The highest BCUT2D eigenvalue weighted by Gasteiger charge is 2.16. The van der Waals surface area contributed by atoms with Crippen molar-refractivity contribution < 1.29 is 9.84 Å². The number of nitrogens with zero attached hydrogens (tertiary/aromatic N) is 3. The van der Waals surface area contributed by atoms with Crippen LogP contribution in [-0.2, 0) is 11.3 Å². The predicted molar refractivity (Wildman–Crippen MR) is 62.8 cm³/mol. The van der Waals surface area contributed by atoms with Crippen LogP contribution < -0.4 is 0 Å². The first-order chi connectivity index (χ1) is 8.33. The molecule has 2 aromatic rings. The maximum atomic E-state index is 9.48. The molecule has 90 valence electrons. The smallest absolute Gasteiger partial charge is 0.117 e. The van der Waals surface area contributed by atoms with Crippen LogP contribution in [-0.4, -0.2) is 32.8 Å². The molecule has 0 amide bonds. The SMILES string of the molecule is Oc1ccc2nnn(CC3CCCCO3)c2c1. The minimum atomic E-state index is 0.219. The zero-order valence-electron chi connectivity index (χ0n) is 9.54. The summed E-state index contributed by atoms with van der Waals surface area (Å²) in [5.74, 6) is 0.241. The lowest BCUT2D eigenvalue weighted by molar-refractivity contribution is 0.00442. The molecule has 1 N–H and O–H groups in total. The highest BCUT2D eigenvalue weighted by molar-refractivity contribution is 5.75. The normalized spacial score (nSPS) is 20.8. The number of hydrogen-bond donors (Lipinski definition) is 1. The molecule has 0 bridgehead atoms. The lowest BCUT2D eigenvalue weighted by Gasteiger charge is -2.22. The predicted octanol–water partition coefficient (Wildman–Crippen LogP) is 1.71. The maximum absolute atomic E-state index is 9.48. The van der Waals surface area contributed by atoms with Gasteiger partial charge in [0, 0.05) is 12.7 Å². The number of phenols is 1. The molecule has 1 aliphatic rings. The number of aromatic nitrogens is 3. The second kappa shape index (κ2) is 4.33. The molecular formula is C12H15N3O2. The molecule has 5 heteroatoms. The van der Waals surface area contributed by atoms with Gasteiger partial charge in [0.1, 0.15) is 11.3 Å². The molecule has 0 radical (unpaired) electrons. The molecule has 1 aliphatic heterocycles. The van der Waals surface area contributed by atoms with Gasteiger partial charge < -0.3 is 9.84 Å². The summed E-state index contributed by atoms with van der Waals surface area (Å²) in [4.78, 5) is 0. The van der Waals surface area contributed by atoms with Crippen molar-refractivity contribution in [3.8, 4) is 5.75 Å². The third-order valence-electron chi connectivity index (χ3n) is 3.15. The van der Waals surface area contributed by atoms with E-state index in [2.05, 4.69) is 10.3 Å². The van der Waals surface area contributed by atoms with E-state index < -0.39 is 0 Å². The van der Waals surface area contributed by atoms with Crippen molar-refractivity contribution in [1.29, 1.82) is 0 Å². The van der Waals surface area contributed by atoms with Crippen LogP contribution in [0.3, 0.4) is 0 Å². The van der Waals surface area contributed by atoms with Crippen molar-refractivity contribution in [2.24, 2.45) is 0 Å². The largest absolute Gasteiger partial charge is 0.508 e. The van der Waals surface area contributed by atoms with Crippen LogP contribution in [0.15, 0.2) is 18.2 Å². The number of hydrogen-bond acceptors (Lipinski definition) is 4. The summed E-state index contributed by atoms with van der Waals surface area (Å²) in [5, 5.41) is 17.7. The first kappa shape index (κ1) is 10.5. The van der Waals surface area contributed by atoms with Crippen LogP contribution >= 0.6 is 0 Å². The van der Waals surface area contributed by atoms with Crippen LogP contribution in [0, 0.1) is 0 Å². The van der Waals surface area contributed by atoms with Gasteiger partial charge in [-0.05, 0) is 31.4 Å². The molecule has 1 fully saturated rings. The number of rotatable bonds is 2. The average molecular weight is 233 g/mol. The van der Waals surface area contributed by atoms with E-state index in [1.807, 2.05) is 4.68 Å². The lowest BCUT2D eigenvalue weighted by Crippen LogP contribution is -2.24. The molecule has 1 aromatic carbocycles. The molecule has 1 saturated heterocycles. The van der Waals surface area contributed by atoms with Gasteiger partial charge in [-0.15, -0.1) is 5.10 Å². The molecule has 0 saturated carbocycles. The molecule has 17 heavy (non-hydrogen) atoms. The van der Waals surface area contributed by atoms with Crippen molar-refractivity contribution in [3.63, 3.8) is 0 Å². The fourth-order valence-electron chi connectivity index (χ4n) is 2.23. The van der Waals surface area contributed by atoms with Gasteiger partial charge in [-0.2, -0.15) is 0 Å². The fourth-order valence-corrected chi connectivity index (χ4v) is 2.23. The Balaban J connectivity index is 1.86. The first-order valence-corrected chi connectivity index (χ1v) is 5.97. The van der Waals surface area contributed by atoms with Crippen molar-refractivity contribution in [1.82, 2.24) is 15.0 Å². The molecule has 1 aromatic heterocycles. The van der Waals surface area contributed by atoms with Gasteiger partial charge >= 0.3 is 0 Å². The summed E-state index contributed by atoms with van der Waals surface area (Å²) in [6, 6.07) is 5.09. The molecule has 5 nitrogen and oxygen atoms in total. The Kier molecular flexibility index (Phi) is 2.68. The van der Waals surface area contributed by atoms with Crippen molar-refractivity contribution in [2.75, 3.05) is 6.61 Å². The first-order valence-electron chi connectivity index (χ1n) is 5.97. The summed E-state index contributed by atoms with van der Waals surface area (Å²) in [6.07, 6.45) is 3.65. The van der Waals surface area contributed by atoms with E-state index in [0.29, 0.717) is 6.54 Å². The summed E-state index contributed by atoms with van der Waals surface area (Å²) in [6.45, 7) is 1.54. The van der Waals surface area contributed by atoms with Gasteiger partial charge in [0.25, 0.3) is 0 Å². The minimum absolute atomic E-state index is 0.219. The fraction of sp³-hybridized carbons (Fsp3) is 0.500. The quantitative estimate of drug-likeness (QED) is 0.857. The van der Waals surface area contributed by atoms with E-state index in [4.69, 9.17) is 4.74 Å². The van der Waals surface area contributed by atoms with E-state index in [0.717, 1.165) is 30.5 Å². The molecule has 3 rings (SSSR count). The second-order valence-corrected chi connectivity index (χ2v) is 4.43. The van der Waals surface area contributed by atoms with Gasteiger partial charge in [-0.3, -0.25) is 0 Å². The number of ether oxygens (including phenoxy) is 1. The molecule has 1 atom stereocenters. The van der Waals surface area contributed by atoms with Crippen molar-refractivity contribution in [2.45, 2.75) is 31.9 Å². The van der Waals surface area contributed by atoms with E-state index in [1.165, 1.54) is 6.42 Å². The van der Waals surface area contributed by atoms with E-state index in [9.17, 15) is 5.11 Å². The highest BCUT2D eigenvalue weighted by atomic mass is 16.5. The summed E-state index contributed by atoms with van der Waals surface area (Å²) in [5.41, 5.74) is 1.66. The molecular weight excluding hydrogens is 218 g/mol. The van der Waals surface area contributed by atoms with Gasteiger partial charge in [-0.1, -0.05) is 5.21 Å². The Morgan fingerprint density at radius 1 is 1.41 bits per heavy atom. The second-order valence-electron chi connectivity index (χ2n) is 4.43. The summed E-state index contributed by atoms with van der Waals surface area (Å²) < 4.78 is 7.49. The van der Waals surface area contributed by atoms with E-state index in [-0.39, 0.29) is 11.9 Å². The van der Waals surface area contributed by atoms with Crippen LogP contribution in [0.5, 0.6) is 5.75 Å². The number of fused-ring (bicyclic) bond motifs is 1. The third kappa shape index (κ3) is 2.10. The standard InChI is InChI=1S/C12H15N3O2/c16-9-4-5-11-12(7-9)15(14-13-11)8-10-3-1-2-6-17-10/h4-5,7,10,16H,1-3,6,8H2. The minimum Gasteiger partial charge on any atom is -0.508 e. The zero-order chi connectivity index (χ0) is 11.7.